The molecule has 1 aromatic heterocycles. The number of hydrogen-bond donors (Lipinski definition) is 0. The van der Waals surface area contributed by atoms with Gasteiger partial charge in [-0.15, -0.1) is 0 Å². The van der Waals surface area contributed by atoms with Crippen molar-refractivity contribution in [2.75, 3.05) is 14.2 Å². The highest BCUT2D eigenvalue weighted by Crippen LogP contribution is 2.27. The summed E-state index contributed by atoms with van der Waals surface area (Å²) in [6.07, 6.45) is 0.592. The van der Waals surface area contributed by atoms with Gasteiger partial charge in [0.05, 0.1) is 29.7 Å². The van der Waals surface area contributed by atoms with E-state index >= 15 is 0 Å². The van der Waals surface area contributed by atoms with Crippen molar-refractivity contribution in [3.05, 3.63) is 100 Å². The molecular formula is C27H27N3O3. The van der Waals surface area contributed by atoms with Gasteiger partial charge >= 0.3 is 0 Å². The van der Waals surface area contributed by atoms with E-state index in [1.54, 1.807) is 29.7 Å². The van der Waals surface area contributed by atoms with E-state index in [0.717, 1.165) is 5.56 Å². The van der Waals surface area contributed by atoms with Gasteiger partial charge in [-0.05, 0) is 61.4 Å². The second-order valence-electron chi connectivity index (χ2n) is 7.98. The number of hydrogen-bond acceptors (Lipinski definition) is 4. The van der Waals surface area contributed by atoms with Crippen molar-refractivity contribution in [1.29, 1.82) is 0 Å². The van der Waals surface area contributed by atoms with Gasteiger partial charge in [0.2, 0.25) is 0 Å². The number of para-hydroxylation sites is 1. The normalized spacial score (nSPS) is 11.9. The fraction of sp³-hybridized carbons (Fsp3) is 0.222. The number of ether oxygens (including phenoxy) is 1. The van der Waals surface area contributed by atoms with Crippen LogP contribution < -0.4 is 10.3 Å². The molecule has 0 fully saturated rings. The first-order valence-electron chi connectivity index (χ1n) is 10.9. The molecule has 4 aromatic rings. The Morgan fingerprint density at radius 1 is 1.03 bits per heavy atom. The van der Waals surface area contributed by atoms with Gasteiger partial charge in [0.1, 0.15) is 11.6 Å². The molecule has 1 unspecified atom stereocenters. The van der Waals surface area contributed by atoms with Crippen LogP contribution in [-0.4, -0.2) is 34.5 Å². The number of aryl methyl sites for hydroxylation is 1. The van der Waals surface area contributed by atoms with Gasteiger partial charge in [-0.3, -0.25) is 14.2 Å². The molecule has 168 valence electrons. The van der Waals surface area contributed by atoms with Crippen LogP contribution in [0.5, 0.6) is 5.75 Å². The molecular weight excluding hydrogens is 414 g/mol. The number of rotatable bonds is 6. The first-order chi connectivity index (χ1) is 16.0. The Bertz CT molecular complexity index is 1360. The van der Waals surface area contributed by atoms with Crippen LogP contribution in [0.15, 0.2) is 77.6 Å². The lowest BCUT2D eigenvalue weighted by atomic mass is 10.1. The molecule has 0 aliphatic rings. The Balaban J connectivity index is 1.91. The lowest BCUT2D eigenvalue weighted by Crippen LogP contribution is -2.36. The van der Waals surface area contributed by atoms with E-state index in [-0.39, 0.29) is 11.5 Å². The van der Waals surface area contributed by atoms with Crippen LogP contribution >= 0.6 is 0 Å². The van der Waals surface area contributed by atoms with Crippen LogP contribution in [-0.2, 0) is 0 Å². The summed E-state index contributed by atoms with van der Waals surface area (Å²) < 4.78 is 6.89. The molecule has 3 aromatic carbocycles. The molecule has 0 radical (unpaired) electrons. The minimum Gasteiger partial charge on any atom is -0.497 e. The number of nitrogens with zero attached hydrogens (tertiary/aromatic N) is 3. The maximum atomic E-state index is 13.6. The summed E-state index contributed by atoms with van der Waals surface area (Å²) >= 11 is 0. The molecule has 0 N–H and O–H groups in total. The number of amides is 1. The zero-order valence-corrected chi connectivity index (χ0v) is 19.3. The van der Waals surface area contributed by atoms with Gasteiger partial charge in [0, 0.05) is 12.6 Å². The minimum atomic E-state index is -0.406. The summed E-state index contributed by atoms with van der Waals surface area (Å²) in [7, 11) is 3.37. The predicted molar refractivity (Wildman–Crippen MR) is 130 cm³/mol. The van der Waals surface area contributed by atoms with Crippen molar-refractivity contribution < 1.29 is 9.53 Å². The highest BCUT2D eigenvalue weighted by molar-refractivity contribution is 5.95. The van der Waals surface area contributed by atoms with Gasteiger partial charge < -0.3 is 9.64 Å². The molecule has 4 rings (SSSR count). The number of methoxy groups -OCH3 is 1. The molecule has 1 atom stereocenters. The van der Waals surface area contributed by atoms with Crippen molar-refractivity contribution in [3.8, 4) is 11.4 Å². The Morgan fingerprint density at radius 3 is 2.36 bits per heavy atom. The summed E-state index contributed by atoms with van der Waals surface area (Å²) in [5, 5.41) is 0.528. The number of carbonyl (C=O) groups is 1. The molecule has 0 saturated heterocycles. The highest BCUT2D eigenvalue weighted by Gasteiger charge is 2.27. The maximum Gasteiger partial charge on any atom is 0.266 e. The quantitative estimate of drug-likeness (QED) is 0.426. The molecule has 0 bridgehead atoms. The molecule has 1 amide bonds. The number of benzene rings is 3. The summed E-state index contributed by atoms with van der Waals surface area (Å²) in [5.74, 6) is 1.11. The van der Waals surface area contributed by atoms with Crippen molar-refractivity contribution in [2.45, 2.75) is 26.3 Å². The average Bonchev–Trinajstić information content (AvgIpc) is 2.84. The monoisotopic (exact) mass is 441 g/mol. The summed E-state index contributed by atoms with van der Waals surface area (Å²) in [6, 6.07) is 21.7. The molecule has 0 aliphatic heterocycles. The van der Waals surface area contributed by atoms with E-state index in [0.29, 0.717) is 40.1 Å². The Kier molecular flexibility index (Phi) is 6.27. The number of carbonyl (C=O) groups excluding carboxylic acids is 1. The molecule has 33 heavy (non-hydrogen) atoms. The van der Waals surface area contributed by atoms with Crippen LogP contribution in [0.25, 0.3) is 16.6 Å². The maximum absolute atomic E-state index is 13.6. The van der Waals surface area contributed by atoms with Crippen molar-refractivity contribution >= 4 is 16.8 Å². The van der Waals surface area contributed by atoms with Crippen molar-refractivity contribution in [2.24, 2.45) is 0 Å². The van der Waals surface area contributed by atoms with E-state index in [1.165, 1.54) is 0 Å². The lowest BCUT2D eigenvalue weighted by Gasteiger charge is -2.29. The second-order valence-corrected chi connectivity index (χ2v) is 7.98. The van der Waals surface area contributed by atoms with E-state index in [1.807, 2.05) is 80.6 Å². The average molecular weight is 442 g/mol. The second kappa shape index (κ2) is 9.28. The molecule has 0 spiro atoms. The molecule has 6 heteroatoms. The van der Waals surface area contributed by atoms with Crippen LogP contribution in [0.3, 0.4) is 0 Å². The van der Waals surface area contributed by atoms with Crippen LogP contribution in [0.2, 0.25) is 0 Å². The molecule has 0 saturated carbocycles. The zero-order chi connectivity index (χ0) is 23.5. The standard InChI is InChI=1S/C27H27N3O3/c1-5-24(29(3)26(31)21-11-7-6-10-18(21)2)25-28-23-13-9-8-12-22(23)27(32)30(25)19-14-16-20(33-4)17-15-19/h6-17,24H,5H2,1-4H3. The SMILES string of the molecule is CCC(c1nc2ccccc2c(=O)n1-c1ccc(OC)cc1)N(C)C(=O)c1ccccc1C. The van der Waals surface area contributed by atoms with Gasteiger partial charge in [-0.25, -0.2) is 4.98 Å². The third-order valence-electron chi connectivity index (χ3n) is 5.98. The smallest absolute Gasteiger partial charge is 0.266 e. The van der Waals surface area contributed by atoms with Gasteiger partial charge in [0.15, 0.2) is 0 Å². The fourth-order valence-corrected chi connectivity index (χ4v) is 4.13. The summed E-state index contributed by atoms with van der Waals surface area (Å²) in [4.78, 5) is 33.6. The number of fused-ring (bicyclic) bond motifs is 1. The van der Waals surface area contributed by atoms with Crippen molar-refractivity contribution in [3.63, 3.8) is 0 Å². The largest absolute Gasteiger partial charge is 0.497 e. The highest BCUT2D eigenvalue weighted by atomic mass is 16.5. The minimum absolute atomic E-state index is 0.108. The fourth-order valence-electron chi connectivity index (χ4n) is 4.13. The van der Waals surface area contributed by atoms with E-state index in [4.69, 9.17) is 9.72 Å². The van der Waals surface area contributed by atoms with Crippen LogP contribution in [0.4, 0.5) is 0 Å². The van der Waals surface area contributed by atoms with Gasteiger partial charge in [-0.1, -0.05) is 37.3 Å². The molecule has 6 nitrogen and oxygen atoms in total. The molecule has 0 aliphatic carbocycles. The van der Waals surface area contributed by atoms with E-state index in [2.05, 4.69) is 0 Å². The van der Waals surface area contributed by atoms with Gasteiger partial charge in [-0.2, -0.15) is 0 Å². The summed E-state index contributed by atoms with van der Waals surface area (Å²) in [5.41, 5.74) is 2.65. The third kappa shape index (κ3) is 4.12. The van der Waals surface area contributed by atoms with Crippen LogP contribution in [0, 0.1) is 6.92 Å². The van der Waals surface area contributed by atoms with Crippen LogP contribution in [0.1, 0.15) is 41.1 Å². The topological polar surface area (TPSA) is 64.4 Å². The Morgan fingerprint density at radius 2 is 1.70 bits per heavy atom. The Labute approximate surface area is 193 Å². The first kappa shape index (κ1) is 22.3. The third-order valence-corrected chi connectivity index (χ3v) is 5.98. The predicted octanol–water partition coefficient (Wildman–Crippen LogP) is 4.93. The van der Waals surface area contributed by atoms with Gasteiger partial charge in [0.25, 0.3) is 11.5 Å². The Hall–Kier alpha value is -3.93. The summed E-state index contributed by atoms with van der Waals surface area (Å²) in [6.45, 7) is 3.91. The van der Waals surface area contributed by atoms with E-state index in [9.17, 15) is 9.59 Å². The number of aromatic nitrogens is 2. The zero-order valence-electron chi connectivity index (χ0n) is 19.3. The lowest BCUT2D eigenvalue weighted by molar-refractivity contribution is 0.0716. The van der Waals surface area contributed by atoms with Crippen molar-refractivity contribution in [1.82, 2.24) is 14.5 Å². The van der Waals surface area contributed by atoms with E-state index < -0.39 is 6.04 Å². The molecule has 1 heterocycles. The first-order valence-corrected chi connectivity index (χ1v) is 10.9.